The Morgan fingerprint density at radius 1 is 0.977 bits per heavy atom. The smallest absolute Gasteiger partial charge is 0.263 e. The molecule has 2 aromatic heterocycles. The fourth-order valence-corrected chi connectivity index (χ4v) is 7.19. The number of carbonyl (C=O) groups excluding carboxylic acids is 3. The monoisotopic (exact) mass is 593 g/mol. The number of likely N-dealkylation sites (N-methyl/N-ethyl adjacent to an activating group) is 1. The zero-order chi connectivity index (χ0) is 30.1. The van der Waals surface area contributed by atoms with Gasteiger partial charge in [0, 0.05) is 63.7 Å². The number of carbonyl (C=O) groups is 3. The van der Waals surface area contributed by atoms with Crippen LogP contribution in [0, 0.1) is 11.8 Å². The number of likely N-dealkylation sites (tertiary alicyclic amines) is 3. The van der Waals surface area contributed by atoms with E-state index in [1.807, 2.05) is 4.90 Å². The van der Waals surface area contributed by atoms with E-state index < -0.39 is 11.5 Å². The van der Waals surface area contributed by atoms with Gasteiger partial charge in [0.15, 0.2) is 0 Å². The fraction of sp³-hybridized carbons (Fsp3) is 0.667. The highest BCUT2D eigenvalue weighted by Gasteiger charge is 2.41. The van der Waals surface area contributed by atoms with Gasteiger partial charge in [0.2, 0.25) is 11.8 Å². The highest BCUT2D eigenvalue weighted by molar-refractivity contribution is 5.93. The molecule has 43 heavy (non-hydrogen) atoms. The summed E-state index contributed by atoms with van der Waals surface area (Å²) in [7, 11) is 3.80. The lowest BCUT2D eigenvalue weighted by molar-refractivity contribution is -0.136. The van der Waals surface area contributed by atoms with Gasteiger partial charge in [-0.25, -0.2) is 4.68 Å². The summed E-state index contributed by atoms with van der Waals surface area (Å²) in [6, 6.07) is 3.61. The molecule has 0 radical (unpaired) electrons. The number of hydrogen-bond donors (Lipinski definition) is 1. The van der Waals surface area contributed by atoms with Crippen molar-refractivity contribution < 1.29 is 14.4 Å². The largest absolute Gasteiger partial charge is 0.354 e. The first-order chi connectivity index (χ1) is 20.8. The zero-order valence-corrected chi connectivity index (χ0v) is 25.2. The molecule has 4 aliphatic rings. The molecule has 1 N–H and O–H groups in total. The first-order valence-corrected chi connectivity index (χ1v) is 15.6. The molecule has 232 valence electrons. The second-order valence-electron chi connectivity index (χ2n) is 12.7. The second kappa shape index (κ2) is 12.6. The van der Waals surface area contributed by atoms with Crippen LogP contribution in [0.5, 0.6) is 0 Å². The van der Waals surface area contributed by atoms with E-state index >= 15 is 0 Å². The molecule has 13 heteroatoms. The van der Waals surface area contributed by atoms with Gasteiger partial charge in [-0.3, -0.25) is 19.2 Å². The van der Waals surface area contributed by atoms with Gasteiger partial charge >= 0.3 is 0 Å². The van der Waals surface area contributed by atoms with Crippen molar-refractivity contribution in [2.45, 2.75) is 50.7 Å². The molecule has 3 amide bonds. The summed E-state index contributed by atoms with van der Waals surface area (Å²) in [5, 5.41) is 11.6. The summed E-state index contributed by atoms with van der Waals surface area (Å²) in [5.74, 6) is -0.490. The lowest BCUT2D eigenvalue weighted by atomic mass is 9.92. The fourth-order valence-electron chi connectivity index (χ4n) is 7.19. The Balaban J connectivity index is 1.17. The summed E-state index contributed by atoms with van der Waals surface area (Å²) in [6.07, 6.45) is 7.80. The van der Waals surface area contributed by atoms with Crippen molar-refractivity contribution in [2.24, 2.45) is 11.8 Å². The van der Waals surface area contributed by atoms with Crippen LogP contribution in [0.25, 0.3) is 0 Å². The maximum atomic E-state index is 13.8. The van der Waals surface area contributed by atoms with Gasteiger partial charge < -0.3 is 29.5 Å². The molecular formula is C30H43N9O4. The molecule has 3 fully saturated rings. The van der Waals surface area contributed by atoms with Crippen molar-refractivity contribution in [1.82, 2.24) is 44.5 Å². The van der Waals surface area contributed by atoms with Crippen molar-refractivity contribution in [2.75, 3.05) is 66.5 Å². The lowest BCUT2D eigenvalue weighted by Gasteiger charge is -2.41. The molecule has 3 saturated heterocycles. The minimum Gasteiger partial charge on any atom is -0.354 e. The number of nitrogens with one attached hydrogen (secondary N) is 1. The van der Waals surface area contributed by atoms with Gasteiger partial charge in [-0.2, -0.15) is 0 Å². The number of nitrogens with zero attached hydrogens (tertiary/aromatic N) is 8. The summed E-state index contributed by atoms with van der Waals surface area (Å²) < 4.78 is 3.21. The SMILES string of the molecule is CN1CCC(N2CCC(C(=O)N3C[C@@H]4CC(=O)NCCN(C)C(=O)c5cccn(c5=O)Cc5cn(nn5)[C@@H]4C3)CC2)CC1. The predicted molar refractivity (Wildman–Crippen MR) is 158 cm³/mol. The van der Waals surface area contributed by atoms with Gasteiger partial charge in [0.25, 0.3) is 11.5 Å². The van der Waals surface area contributed by atoms with Gasteiger partial charge in [-0.15, -0.1) is 5.10 Å². The summed E-state index contributed by atoms with van der Waals surface area (Å²) >= 11 is 0. The second-order valence-corrected chi connectivity index (χ2v) is 12.7. The number of aromatic nitrogens is 4. The number of amides is 3. The Bertz CT molecular complexity index is 1390. The van der Waals surface area contributed by atoms with Crippen molar-refractivity contribution in [3.63, 3.8) is 0 Å². The maximum absolute atomic E-state index is 13.8. The first kappa shape index (κ1) is 29.5. The van der Waals surface area contributed by atoms with Gasteiger partial charge in [0.05, 0.1) is 18.8 Å². The zero-order valence-electron chi connectivity index (χ0n) is 25.2. The molecule has 4 aliphatic heterocycles. The van der Waals surface area contributed by atoms with Crippen LogP contribution in [0.15, 0.2) is 29.3 Å². The molecule has 6 heterocycles. The highest BCUT2D eigenvalue weighted by Crippen LogP contribution is 2.33. The van der Waals surface area contributed by atoms with Crippen LogP contribution in [0.4, 0.5) is 0 Å². The number of pyridine rings is 1. The normalized spacial score (nSPS) is 25.5. The van der Waals surface area contributed by atoms with E-state index in [1.54, 1.807) is 30.2 Å². The lowest BCUT2D eigenvalue weighted by Crippen LogP contribution is -2.49. The van der Waals surface area contributed by atoms with E-state index in [-0.39, 0.29) is 61.3 Å². The molecular weight excluding hydrogens is 550 g/mol. The van der Waals surface area contributed by atoms with E-state index in [9.17, 15) is 19.2 Å². The number of piperidine rings is 2. The van der Waals surface area contributed by atoms with Crippen molar-refractivity contribution in [3.8, 4) is 0 Å². The van der Waals surface area contributed by atoms with Crippen molar-refractivity contribution in [3.05, 3.63) is 46.1 Å². The molecule has 0 unspecified atom stereocenters. The number of hydrogen-bond acceptors (Lipinski definition) is 8. The summed E-state index contributed by atoms with van der Waals surface area (Å²) in [6.45, 7) is 5.85. The molecule has 4 bridgehead atoms. The standard InChI is InChI=1S/C30H43N9O4/c1-34-11-7-24(8-12-34)36-13-5-21(6-14-36)28(41)38-17-22-16-27(40)31-9-15-35(2)29(42)25-4-3-10-37(30(25)43)18-23-19-39(33-32-23)26(22)20-38/h3-4,10,19,21-22,24,26H,5-9,11-18,20H2,1-2H3,(H,31,40)/t22-,26+/m0/s1. The summed E-state index contributed by atoms with van der Waals surface area (Å²) in [4.78, 5) is 61.2. The van der Waals surface area contributed by atoms with Gasteiger partial charge in [-0.05, 0) is 71.0 Å². The average molecular weight is 594 g/mol. The molecule has 6 rings (SSSR count). The Kier molecular flexibility index (Phi) is 8.62. The van der Waals surface area contributed by atoms with Crippen LogP contribution < -0.4 is 10.9 Å². The quantitative estimate of drug-likeness (QED) is 0.511. The Labute approximate surface area is 251 Å². The molecule has 0 aliphatic carbocycles. The minimum atomic E-state index is -0.401. The van der Waals surface area contributed by atoms with Crippen LogP contribution in [0.3, 0.4) is 0 Å². The molecule has 13 nitrogen and oxygen atoms in total. The van der Waals surface area contributed by atoms with Crippen LogP contribution >= 0.6 is 0 Å². The Hall–Kier alpha value is -3.58. The maximum Gasteiger partial charge on any atom is 0.263 e. The Morgan fingerprint density at radius 3 is 2.51 bits per heavy atom. The number of fused-ring (bicyclic) bond motifs is 6. The van der Waals surface area contributed by atoms with Crippen LogP contribution in [0.1, 0.15) is 54.2 Å². The predicted octanol–water partition coefficient (Wildman–Crippen LogP) is -0.114. The average Bonchev–Trinajstić information content (AvgIpc) is 3.64. The van der Waals surface area contributed by atoms with E-state index in [0.29, 0.717) is 24.8 Å². The topological polar surface area (TPSA) is 129 Å². The van der Waals surface area contributed by atoms with E-state index in [4.69, 9.17) is 0 Å². The first-order valence-electron chi connectivity index (χ1n) is 15.6. The third kappa shape index (κ3) is 6.37. The van der Waals surface area contributed by atoms with Crippen molar-refractivity contribution in [1.29, 1.82) is 0 Å². The molecule has 0 spiro atoms. The van der Waals surface area contributed by atoms with Gasteiger partial charge in [0.1, 0.15) is 11.3 Å². The Morgan fingerprint density at radius 2 is 1.74 bits per heavy atom. The minimum absolute atomic E-state index is 0.00381. The van der Waals surface area contributed by atoms with E-state index in [2.05, 4.69) is 32.5 Å². The van der Waals surface area contributed by atoms with Crippen LogP contribution in [0.2, 0.25) is 0 Å². The molecule has 0 saturated carbocycles. The van der Waals surface area contributed by atoms with E-state index in [0.717, 1.165) is 39.0 Å². The highest BCUT2D eigenvalue weighted by atomic mass is 16.2. The number of rotatable bonds is 2. The van der Waals surface area contributed by atoms with E-state index in [1.165, 1.54) is 28.4 Å². The molecule has 2 atom stereocenters. The summed E-state index contributed by atoms with van der Waals surface area (Å²) in [5.41, 5.74) is 0.238. The van der Waals surface area contributed by atoms with Crippen molar-refractivity contribution >= 4 is 17.7 Å². The third-order valence-corrected chi connectivity index (χ3v) is 9.85. The molecule has 2 aromatic rings. The third-order valence-electron chi connectivity index (χ3n) is 9.85. The van der Waals surface area contributed by atoms with Crippen LogP contribution in [-0.4, -0.2) is 129 Å². The van der Waals surface area contributed by atoms with Gasteiger partial charge in [-0.1, -0.05) is 5.21 Å². The van der Waals surface area contributed by atoms with Crippen LogP contribution in [-0.2, 0) is 16.1 Å². The molecule has 0 aromatic carbocycles.